The van der Waals surface area contributed by atoms with Crippen LogP contribution in [0.25, 0.3) is 0 Å². The van der Waals surface area contributed by atoms with Crippen molar-refractivity contribution in [2.24, 2.45) is 0 Å². The maximum absolute atomic E-state index is 4.69. The molecule has 0 radical (unpaired) electrons. The molecule has 0 aromatic carbocycles. The summed E-state index contributed by atoms with van der Waals surface area (Å²) in [6.07, 6.45) is 11.1. The summed E-state index contributed by atoms with van der Waals surface area (Å²) in [5.41, 5.74) is 1.16. The fourth-order valence-electron chi connectivity index (χ4n) is 2.60. The maximum Gasteiger partial charge on any atom is 0.0762 e. The molecule has 0 aliphatic heterocycles. The maximum atomic E-state index is 4.69. The van der Waals surface area contributed by atoms with Crippen LogP contribution >= 0.6 is 0 Å². The van der Waals surface area contributed by atoms with Gasteiger partial charge in [0.2, 0.25) is 0 Å². The van der Waals surface area contributed by atoms with Gasteiger partial charge in [0.05, 0.1) is 11.7 Å². The van der Waals surface area contributed by atoms with Gasteiger partial charge >= 0.3 is 0 Å². The van der Waals surface area contributed by atoms with Gasteiger partial charge in [0.1, 0.15) is 0 Å². The molecule has 116 valence electrons. The summed E-state index contributed by atoms with van der Waals surface area (Å²) in [5, 5.41) is 8.28. The summed E-state index contributed by atoms with van der Waals surface area (Å²) in [7, 11) is 0. The Morgan fingerprint density at radius 3 is 2.55 bits per heavy atom. The lowest BCUT2D eigenvalue weighted by molar-refractivity contribution is 0.420. The van der Waals surface area contributed by atoms with E-state index in [1.807, 2.05) is 0 Å². The monoisotopic (exact) mass is 279 g/mol. The minimum absolute atomic E-state index is 0.551. The first-order chi connectivity index (χ1) is 9.71. The number of nitrogens with zero attached hydrogens (tertiary/aromatic N) is 2. The van der Waals surface area contributed by atoms with Crippen LogP contribution in [0, 0.1) is 0 Å². The van der Waals surface area contributed by atoms with Crippen molar-refractivity contribution >= 4 is 0 Å². The predicted molar refractivity (Wildman–Crippen MR) is 86.9 cm³/mol. The molecule has 0 saturated heterocycles. The van der Waals surface area contributed by atoms with E-state index < -0.39 is 0 Å². The van der Waals surface area contributed by atoms with Gasteiger partial charge in [-0.3, -0.25) is 4.68 Å². The summed E-state index contributed by atoms with van der Waals surface area (Å²) >= 11 is 0. The van der Waals surface area contributed by atoms with E-state index in [0.29, 0.717) is 12.1 Å². The molecule has 0 spiro atoms. The Kier molecular flexibility index (Phi) is 8.59. The highest BCUT2D eigenvalue weighted by atomic mass is 15.3. The fourth-order valence-corrected chi connectivity index (χ4v) is 2.60. The minimum Gasteiger partial charge on any atom is -0.309 e. The van der Waals surface area contributed by atoms with Crippen molar-refractivity contribution < 1.29 is 0 Å². The lowest BCUT2D eigenvalue weighted by Crippen LogP contribution is -2.25. The average Bonchev–Trinajstić information content (AvgIpc) is 2.92. The molecule has 0 saturated carbocycles. The zero-order valence-electron chi connectivity index (χ0n) is 13.9. The largest absolute Gasteiger partial charge is 0.309 e. The van der Waals surface area contributed by atoms with Gasteiger partial charge in [0, 0.05) is 18.8 Å². The molecule has 1 N–H and O–H groups in total. The third-order valence-electron chi connectivity index (χ3n) is 4.10. The van der Waals surface area contributed by atoms with Gasteiger partial charge in [-0.05, 0) is 32.3 Å². The molecule has 0 amide bonds. The first kappa shape index (κ1) is 17.2. The zero-order chi connectivity index (χ0) is 14.8. The third-order valence-corrected chi connectivity index (χ3v) is 4.10. The number of aromatic nitrogens is 2. The van der Waals surface area contributed by atoms with Crippen molar-refractivity contribution in [3.8, 4) is 0 Å². The van der Waals surface area contributed by atoms with Crippen molar-refractivity contribution in [2.45, 2.75) is 91.3 Å². The predicted octanol–water partition coefficient (Wildman–Crippen LogP) is 4.69. The number of unbranched alkanes of at least 4 members (excludes halogenated alkanes) is 3. The van der Waals surface area contributed by atoms with E-state index >= 15 is 0 Å². The smallest absolute Gasteiger partial charge is 0.0762 e. The lowest BCUT2D eigenvalue weighted by Gasteiger charge is -2.14. The highest BCUT2D eigenvalue weighted by molar-refractivity contribution is 4.99. The highest BCUT2D eigenvalue weighted by Gasteiger charge is 2.08. The molecular weight excluding hydrogens is 246 g/mol. The van der Waals surface area contributed by atoms with E-state index in [1.165, 1.54) is 32.1 Å². The first-order valence-electron chi connectivity index (χ1n) is 8.48. The Bertz CT molecular complexity index is 342. The molecule has 0 bridgehead atoms. The van der Waals surface area contributed by atoms with Gasteiger partial charge < -0.3 is 5.32 Å². The van der Waals surface area contributed by atoms with Crippen LogP contribution in [0.2, 0.25) is 0 Å². The van der Waals surface area contributed by atoms with Gasteiger partial charge in [-0.2, -0.15) is 5.10 Å². The molecule has 1 rings (SSSR count). The molecule has 1 heterocycles. The number of hydrogen-bond donors (Lipinski definition) is 1. The number of nitrogens with one attached hydrogen (secondary N) is 1. The van der Waals surface area contributed by atoms with E-state index in [1.54, 1.807) is 0 Å². The van der Waals surface area contributed by atoms with Gasteiger partial charge in [-0.1, -0.05) is 46.5 Å². The van der Waals surface area contributed by atoms with Crippen molar-refractivity contribution in [3.63, 3.8) is 0 Å². The average molecular weight is 279 g/mol. The van der Waals surface area contributed by atoms with Crippen LogP contribution < -0.4 is 5.32 Å². The SMILES string of the molecule is CCCCCCC(C)NCc1ccn(C(CC)CC)n1. The van der Waals surface area contributed by atoms with Crippen LogP contribution in [0.1, 0.15) is 84.4 Å². The molecule has 0 aliphatic carbocycles. The molecule has 1 atom stereocenters. The minimum atomic E-state index is 0.551. The Hall–Kier alpha value is -0.830. The van der Waals surface area contributed by atoms with E-state index in [4.69, 9.17) is 0 Å². The topological polar surface area (TPSA) is 29.9 Å². The van der Waals surface area contributed by atoms with Gasteiger partial charge in [0.25, 0.3) is 0 Å². The van der Waals surface area contributed by atoms with Crippen LogP contribution in [0.5, 0.6) is 0 Å². The second-order valence-corrected chi connectivity index (χ2v) is 5.89. The second-order valence-electron chi connectivity index (χ2n) is 5.89. The van der Waals surface area contributed by atoms with Crippen molar-refractivity contribution in [1.29, 1.82) is 0 Å². The summed E-state index contributed by atoms with van der Waals surface area (Å²) in [6.45, 7) is 9.89. The molecule has 3 nitrogen and oxygen atoms in total. The summed E-state index contributed by atoms with van der Waals surface area (Å²) < 4.78 is 2.13. The zero-order valence-corrected chi connectivity index (χ0v) is 13.9. The Morgan fingerprint density at radius 1 is 1.15 bits per heavy atom. The van der Waals surface area contributed by atoms with Crippen LogP contribution in [-0.2, 0) is 6.54 Å². The van der Waals surface area contributed by atoms with Gasteiger partial charge in [-0.25, -0.2) is 0 Å². The fraction of sp³-hybridized carbons (Fsp3) is 0.824. The number of rotatable bonds is 11. The third kappa shape index (κ3) is 6.08. The van der Waals surface area contributed by atoms with Gasteiger partial charge in [-0.15, -0.1) is 0 Å². The summed E-state index contributed by atoms with van der Waals surface area (Å²) in [6, 6.07) is 3.29. The molecule has 1 aromatic heterocycles. The molecule has 0 fully saturated rings. The Morgan fingerprint density at radius 2 is 1.90 bits per heavy atom. The summed E-state index contributed by atoms with van der Waals surface area (Å²) in [4.78, 5) is 0. The van der Waals surface area contributed by atoms with Crippen molar-refractivity contribution in [1.82, 2.24) is 15.1 Å². The molecule has 1 unspecified atom stereocenters. The highest BCUT2D eigenvalue weighted by Crippen LogP contribution is 2.14. The second kappa shape index (κ2) is 9.98. The van der Waals surface area contributed by atoms with Crippen LogP contribution in [0.3, 0.4) is 0 Å². The van der Waals surface area contributed by atoms with Crippen molar-refractivity contribution in [2.75, 3.05) is 0 Å². The normalized spacial score (nSPS) is 13.1. The lowest BCUT2D eigenvalue weighted by atomic mass is 10.1. The Balaban J connectivity index is 2.27. The number of hydrogen-bond acceptors (Lipinski definition) is 2. The van der Waals surface area contributed by atoms with E-state index in [0.717, 1.165) is 25.1 Å². The molecule has 3 heteroatoms. The Labute approximate surface area is 125 Å². The van der Waals surface area contributed by atoms with Gasteiger partial charge in [0.15, 0.2) is 0 Å². The van der Waals surface area contributed by atoms with E-state index in [9.17, 15) is 0 Å². The van der Waals surface area contributed by atoms with Crippen LogP contribution in [0.4, 0.5) is 0 Å². The molecular formula is C17H33N3. The summed E-state index contributed by atoms with van der Waals surface area (Å²) in [5.74, 6) is 0. The molecule has 20 heavy (non-hydrogen) atoms. The molecule has 0 aliphatic rings. The van der Waals surface area contributed by atoms with Crippen molar-refractivity contribution in [3.05, 3.63) is 18.0 Å². The molecule has 1 aromatic rings. The van der Waals surface area contributed by atoms with E-state index in [-0.39, 0.29) is 0 Å². The van der Waals surface area contributed by atoms with Crippen LogP contribution in [-0.4, -0.2) is 15.8 Å². The van der Waals surface area contributed by atoms with Crippen LogP contribution in [0.15, 0.2) is 12.3 Å². The quantitative estimate of drug-likeness (QED) is 0.595. The first-order valence-corrected chi connectivity index (χ1v) is 8.48. The standard InChI is InChI=1S/C17H33N3/c1-5-8-9-10-11-15(4)18-14-16-12-13-20(19-16)17(6-2)7-3/h12-13,15,17-18H,5-11,14H2,1-4H3. The van der Waals surface area contributed by atoms with E-state index in [2.05, 4.69) is 55.1 Å².